The number of hydrogen-bond donors (Lipinski definition) is 2. The minimum absolute atomic E-state index is 0.0394. The van der Waals surface area contributed by atoms with E-state index >= 15 is 0 Å². The third-order valence-electron chi connectivity index (χ3n) is 6.75. The molecule has 1 saturated carbocycles. The predicted octanol–water partition coefficient (Wildman–Crippen LogP) is 2.30. The molecule has 9 heteroatoms. The van der Waals surface area contributed by atoms with Crippen LogP contribution in [-0.2, 0) is 14.3 Å². The number of likely N-dealkylation sites (tertiary alicyclic amines) is 2. The van der Waals surface area contributed by atoms with E-state index in [0.29, 0.717) is 51.5 Å². The summed E-state index contributed by atoms with van der Waals surface area (Å²) in [5.74, 6) is -0.525. The fraction of sp³-hybridized carbons (Fsp3) is 0.857. The van der Waals surface area contributed by atoms with E-state index in [9.17, 15) is 14.4 Å². The molecule has 30 heavy (non-hydrogen) atoms. The molecule has 170 valence electrons. The number of rotatable bonds is 5. The van der Waals surface area contributed by atoms with Crippen molar-refractivity contribution in [2.75, 3.05) is 39.9 Å². The molecule has 0 bridgehead atoms. The van der Waals surface area contributed by atoms with Gasteiger partial charge in [-0.2, -0.15) is 0 Å². The molecule has 0 aromatic heterocycles. The number of methoxy groups -OCH3 is 1. The standard InChI is InChI=1S/C21H35N3O6/c1-29-21(28)24-10-6-15(7-11-24)14-30-18-8-12-23(13-9-18)20(27)22-17-4-2-16(3-5-17)19(25)26/h15-18H,2-14H2,1H3,(H,22,27)(H,25,26). The summed E-state index contributed by atoms with van der Waals surface area (Å²) in [6.07, 6.45) is 6.19. The predicted molar refractivity (Wildman–Crippen MR) is 109 cm³/mol. The lowest BCUT2D eigenvalue weighted by atomic mass is 9.86. The van der Waals surface area contributed by atoms with Crippen LogP contribution in [0.15, 0.2) is 0 Å². The van der Waals surface area contributed by atoms with Crippen molar-refractivity contribution in [3.63, 3.8) is 0 Å². The van der Waals surface area contributed by atoms with Gasteiger partial charge in [-0.05, 0) is 57.3 Å². The van der Waals surface area contributed by atoms with Gasteiger partial charge in [-0.25, -0.2) is 9.59 Å². The number of carbonyl (C=O) groups is 3. The number of piperidine rings is 2. The molecule has 0 unspecified atom stereocenters. The third kappa shape index (κ3) is 6.23. The van der Waals surface area contributed by atoms with Crippen molar-refractivity contribution in [3.05, 3.63) is 0 Å². The number of nitrogens with one attached hydrogen (secondary N) is 1. The van der Waals surface area contributed by atoms with Gasteiger partial charge in [0.15, 0.2) is 0 Å². The lowest BCUT2D eigenvalue weighted by Gasteiger charge is -2.35. The van der Waals surface area contributed by atoms with Crippen LogP contribution in [0.1, 0.15) is 51.4 Å². The molecule has 0 atom stereocenters. The molecular formula is C21H35N3O6. The van der Waals surface area contributed by atoms with Crippen LogP contribution in [0.2, 0.25) is 0 Å². The first-order valence-electron chi connectivity index (χ1n) is 11.2. The highest BCUT2D eigenvalue weighted by Gasteiger charge is 2.30. The topological polar surface area (TPSA) is 108 Å². The Hall–Kier alpha value is -2.03. The number of hydrogen-bond acceptors (Lipinski definition) is 5. The highest BCUT2D eigenvalue weighted by molar-refractivity contribution is 5.75. The molecule has 3 rings (SSSR count). The minimum atomic E-state index is -0.726. The van der Waals surface area contributed by atoms with Gasteiger partial charge >= 0.3 is 18.1 Å². The fourth-order valence-electron chi connectivity index (χ4n) is 4.66. The molecule has 2 heterocycles. The third-order valence-corrected chi connectivity index (χ3v) is 6.75. The van der Waals surface area contributed by atoms with E-state index in [1.54, 1.807) is 4.90 Å². The van der Waals surface area contributed by atoms with E-state index in [4.69, 9.17) is 14.6 Å². The quantitative estimate of drug-likeness (QED) is 0.700. The van der Waals surface area contributed by atoms with E-state index in [1.807, 2.05) is 4.90 Å². The van der Waals surface area contributed by atoms with Gasteiger partial charge in [0.1, 0.15) is 0 Å². The summed E-state index contributed by atoms with van der Waals surface area (Å²) in [6, 6.07) is 0.0420. The summed E-state index contributed by atoms with van der Waals surface area (Å²) >= 11 is 0. The number of carboxylic acid groups (broad SMARTS) is 1. The van der Waals surface area contributed by atoms with E-state index in [-0.39, 0.29) is 30.2 Å². The number of ether oxygens (including phenoxy) is 2. The first kappa shape index (κ1) is 22.7. The molecule has 0 radical (unpaired) electrons. The van der Waals surface area contributed by atoms with Crippen molar-refractivity contribution < 1.29 is 29.0 Å². The zero-order chi connectivity index (χ0) is 21.5. The summed E-state index contributed by atoms with van der Waals surface area (Å²) in [4.78, 5) is 38.7. The van der Waals surface area contributed by atoms with Crippen LogP contribution in [0.5, 0.6) is 0 Å². The van der Waals surface area contributed by atoms with Crippen molar-refractivity contribution in [2.24, 2.45) is 11.8 Å². The zero-order valence-corrected chi connectivity index (χ0v) is 17.9. The monoisotopic (exact) mass is 425 g/mol. The van der Waals surface area contributed by atoms with Crippen LogP contribution in [-0.4, -0.2) is 85.0 Å². The molecule has 2 saturated heterocycles. The van der Waals surface area contributed by atoms with Gasteiger partial charge in [0.05, 0.1) is 19.1 Å². The Bertz CT molecular complexity index is 592. The maximum atomic E-state index is 12.5. The van der Waals surface area contributed by atoms with Gasteiger partial charge in [-0.3, -0.25) is 4.79 Å². The second-order valence-corrected chi connectivity index (χ2v) is 8.76. The molecule has 3 amide bonds. The summed E-state index contributed by atoms with van der Waals surface area (Å²) in [5, 5.41) is 12.2. The smallest absolute Gasteiger partial charge is 0.409 e. The van der Waals surface area contributed by atoms with Crippen molar-refractivity contribution in [3.8, 4) is 0 Å². The SMILES string of the molecule is COC(=O)N1CCC(COC2CCN(C(=O)NC3CCC(C(=O)O)CC3)CC2)CC1. The van der Waals surface area contributed by atoms with Gasteiger partial charge < -0.3 is 29.7 Å². The molecule has 3 aliphatic rings. The van der Waals surface area contributed by atoms with E-state index in [2.05, 4.69) is 5.32 Å². The van der Waals surface area contributed by atoms with Crippen LogP contribution in [0.3, 0.4) is 0 Å². The Morgan fingerprint density at radius 3 is 2.07 bits per heavy atom. The average Bonchev–Trinajstić information content (AvgIpc) is 2.78. The van der Waals surface area contributed by atoms with Gasteiger partial charge in [0.25, 0.3) is 0 Å². The summed E-state index contributed by atoms with van der Waals surface area (Å²) in [7, 11) is 1.41. The highest BCUT2D eigenvalue weighted by atomic mass is 16.5. The second kappa shape index (κ2) is 10.8. The Balaban J connectivity index is 1.29. The van der Waals surface area contributed by atoms with E-state index < -0.39 is 5.97 Å². The molecule has 0 aromatic rings. The largest absolute Gasteiger partial charge is 0.481 e. The maximum Gasteiger partial charge on any atom is 0.409 e. The van der Waals surface area contributed by atoms with Crippen LogP contribution in [0.25, 0.3) is 0 Å². The lowest BCUT2D eigenvalue weighted by Crippen LogP contribution is -2.50. The second-order valence-electron chi connectivity index (χ2n) is 8.76. The van der Waals surface area contributed by atoms with Crippen LogP contribution >= 0.6 is 0 Å². The number of carboxylic acids is 1. The molecular weight excluding hydrogens is 390 g/mol. The molecule has 2 aliphatic heterocycles. The summed E-state index contributed by atoms with van der Waals surface area (Å²) < 4.78 is 10.9. The molecule has 3 fully saturated rings. The van der Waals surface area contributed by atoms with E-state index in [1.165, 1.54) is 7.11 Å². The molecule has 9 nitrogen and oxygen atoms in total. The first-order chi connectivity index (χ1) is 14.5. The Kier molecular flexibility index (Phi) is 8.18. The van der Waals surface area contributed by atoms with Crippen molar-refractivity contribution in [1.29, 1.82) is 0 Å². The normalized spacial score (nSPS) is 26.3. The number of carbonyl (C=O) groups excluding carboxylic acids is 2. The van der Waals surface area contributed by atoms with Crippen molar-refractivity contribution in [2.45, 2.75) is 63.5 Å². The average molecular weight is 426 g/mol. The number of urea groups is 1. The number of aliphatic carboxylic acids is 1. The Labute approximate surface area is 178 Å². The van der Waals surface area contributed by atoms with Gasteiger partial charge in [-0.15, -0.1) is 0 Å². The Morgan fingerprint density at radius 2 is 1.50 bits per heavy atom. The summed E-state index contributed by atoms with van der Waals surface area (Å²) in [5.41, 5.74) is 0. The van der Waals surface area contributed by atoms with Crippen molar-refractivity contribution >= 4 is 18.1 Å². The number of nitrogens with zero attached hydrogens (tertiary/aromatic N) is 2. The highest BCUT2D eigenvalue weighted by Crippen LogP contribution is 2.25. The zero-order valence-electron chi connectivity index (χ0n) is 17.9. The van der Waals surface area contributed by atoms with Gasteiger partial charge in [0, 0.05) is 38.8 Å². The van der Waals surface area contributed by atoms with Crippen molar-refractivity contribution in [1.82, 2.24) is 15.1 Å². The summed E-state index contributed by atoms with van der Waals surface area (Å²) in [6.45, 7) is 3.50. The fourth-order valence-corrected chi connectivity index (χ4v) is 4.66. The molecule has 0 spiro atoms. The minimum Gasteiger partial charge on any atom is -0.481 e. The van der Waals surface area contributed by atoms with Gasteiger partial charge in [-0.1, -0.05) is 0 Å². The van der Waals surface area contributed by atoms with Crippen LogP contribution < -0.4 is 5.32 Å². The van der Waals surface area contributed by atoms with Crippen LogP contribution in [0.4, 0.5) is 9.59 Å². The molecule has 1 aliphatic carbocycles. The first-order valence-corrected chi connectivity index (χ1v) is 11.2. The van der Waals surface area contributed by atoms with Crippen LogP contribution in [0, 0.1) is 11.8 Å². The number of amides is 3. The molecule has 0 aromatic carbocycles. The van der Waals surface area contributed by atoms with E-state index in [0.717, 1.165) is 38.5 Å². The lowest BCUT2D eigenvalue weighted by molar-refractivity contribution is -0.142. The Morgan fingerprint density at radius 1 is 0.900 bits per heavy atom. The molecule has 2 N–H and O–H groups in total. The van der Waals surface area contributed by atoms with Gasteiger partial charge in [0.2, 0.25) is 0 Å². The maximum absolute atomic E-state index is 12.5.